The maximum absolute atomic E-state index is 10.8. The van der Waals surface area contributed by atoms with Crippen LogP contribution < -0.4 is 4.74 Å². The molecule has 0 atom stereocenters. The number of aromatic carboxylic acids is 1. The van der Waals surface area contributed by atoms with Gasteiger partial charge in [-0.15, -0.1) is 0 Å². The van der Waals surface area contributed by atoms with Crippen LogP contribution in [0, 0.1) is 0 Å². The summed E-state index contributed by atoms with van der Waals surface area (Å²) >= 11 is 0. The van der Waals surface area contributed by atoms with Crippen LogP contribution in [0.2, 0.25) is 0 Å². The summed E-state index contributed by atoms with van der Waals surface area (Å²) in [6.45, 7) is 0. The minimum absolute atomic E-state index is 0. The first kappa shape index (κ1) is 15.3. The molecule has 0 unspecified atom stereocenters. The van der Waals surface area contributed by atoms with E-state index in [4.69, 9.17) is 9.84 Å². The molecule has 5 N–H and O–H groups in total. The Hall–Kier alpha value is -2.71. The van der Waals surface area contributed by atoms with Crippen molar-refractivity contribution in [1.82, 2.24) is 14.4 Å². The van der Waals surface area contributed by atoms with E-state index < -0.39 is 5.97 Å². The van der Waals surface area contributed by atoms with Gasteiger partial charge in [-0.25, -0.2) is 14.8 Å². The van der Waals surface area contributed by atoms with Crippen LogP contribution in [-0.2, 0) is 0 Å². The highest BCUT2D eigenvalue weighted by atomic mass is 16.5. The Morgan fingerprint density at radius 2 is 2.00 bits per heavy atom. The molecule has 106 valence electrons. The predicted octanol–water partition coefficient (Wildman–Crippen LogP) is -0.0601. The van der Waals surface area contributed by atoms with Crippen LogP contribution in [0.5, 0.6) is 5.75 Å². The first-order valence-electron chi connectivity index (χ1n) is 5.25. The summed E-state index contributed by atoms with van der Waals surface area (Å²) < 4.78 is 6.87. The minimum Gasteiger partial charge on any atom is -0.497 e. The van der Waals surface area contributed by atoms with E-state index in [1.807, 2.05) is 12.1 Å². The van der Waals surface area contributed by atoms with Gasteiger partial charge < -0.3 is 20.8 Å². The van der Waals surface area contributed by atoms with E-state index in [1.165, 1.54) is 6.07 Å². The van der Waals surface area contributed by atoms with Gasteiger partial charge in [0.1, 0.15) is 5.75 Å². The number of hydrogen-bond acceptors (Lipinski definition) is 4. The third-order valence-electron chi connectivity index (χ3n) is 2.70. The Balaban J connectivity index is 0.000001000. The number of fused-ring (bicyclic) bond motifs is 3. The number of nitrogens with zero attached hydrogens (tertiary/aromatic N) is 3. The van der Waals surface area contributed by atoms with Crippen molar-refractivity contribution in [3.63, 3.8) is 0 Å². The molecule has 0 bridgehead atoms. The normalized spacial score (nSPS) is 9.85. The molecule has 3 rings (SSSR count). The fraction of sp³-hybridized carbons (Fsp3) is 0.0833. The molecular weight excluding hydrogens is 266 g/mol. The van der Waals surface area contributed by atoms with Gasteiger partial charge in [-0.1, -0.05) is 0 Å². The second kappa shape index (κ2) is 5.51. The van der Waals surface area contributed by atoms with Gasteiger partial charge in [0.2, 0.25) is 5.78 Å². The molecule has 0 aliphatic carbocycles. The number of rotatable bonds is 2. The fourth-order valence-corrected chi connectivity index (χ4v) is 1.82. The van der Waals surface area contributed by atoms with Crippen molar-refractivity contribution in [1.29, 1.82) is 0 Å². The highest BCUT2D eigenvalue weighted by Crippen LogP contribution is 2.21. The molecule has 20 heavy (non-hydrogen) atoms. The van der Waals surface area contributed by atoms with Crippen LogP contribution in [0.15, 0.2) is 30.5 Å². The van der Waals surface area contributed by atoms with Gasteiger partial charge in [-0.2, -0.15) is 0 Å². The number of methoxy groups -OCH3 is 1. The minimum atomic E-state index is -1.07. The summed E-state index contributed by atoms with van der Waals surface area (Å²) in [5.41, 5.74) is 1.55. The zero-order chi connectivity index (χ0) is 12.7. The maximum Gasteiger partial charge on any atom is 0.354 e. The van der Waals surface area contributed by atoms with Gasteiger partial charge in [0.05, 0.1) is 18.1 Å². The number of carboxylic acid groups (broad SMARTS) is 1. The Morgan fingerprint density at radius 1 is 1.25 bits per heavy atom. The molecule has 0 saturated carbocycles. The Morgan fingerprint density at radius 3 is 2.65 bits per heavy atom. The van der Waals surface area contributed by atoms with E-state index in [2.05, 4.69) is 9.97 Å². The summed E-state index contributed by atoms with van der Waals surface area (Å²) in [7, 11) is 1.59. The number of aromatic nitrogens is 3. The maximum atomic E-state index is 10.8. The number of carbonyl (C=O) groups is 1. The summed E-state index contributed by atoms with van der Waals surface area (Å²) in [6, 6.07) is 6.88. The first-order valence-corrected chi connectivity index (χ1v) is 5.25. The van der Waals surface area contributed by atoms with Crippen molar-refractivity contribution in [2.45, 2.75) is 0 Å². The Bertz CT molecular complexity index is 768. The smallest absolute Gasteiger partial charge is 0.354 e. The van der Waals surface area contributed by atoms with Crippen molar-refractivity contribution in [2.24, 2.45) is 0 Å². The summed E-state index contributed by atoms with van der Waals surface area (Å²) in [4.78, 5) is 19.1. The highest BCUT2D eigenvalue weighted by Gasteiger charge is 2.10. The van der Waals surface area contributed by atoms with Gasteiger partial charge in [-0.05, 0) is 18.2 Å². The van der Waals surface area contributed by atoms with E-state index in [9.17, 15) is 4.79 Å². The predicted molar refractivity (Wildman–Crippen MR) is 71.2 cm³/mol. The van der Waals surface area contributed by atoms with Crippen molar-refractivity contribution < 1.29 is 25.6 Å². The van der Waals surface area contributed by atoms with Crippen LogP contribution in [0.4, 0.5) is 0 Å². The lowest BCUT2D eigenvalue weighted by atomic mass is 10.3. The van der Waals surface area contributed by atoms with Crippen LogP contribution in [0.25, 0.3) is 16.8 Å². The Kier molecular flexibility index (Phi) is 4.23. The number of hydrogen-bond donors (Lipinski definition) is 1. The fourth-order valence-electron chi connectivity index (χ4n) is 1.82. The molecule has 3 aromatic rings. The van der Waals surface area contributed by atoms with E-state index in [0.29, 0.717) is 11.5 Å². The number of benzene rings is 1. The Labute approximate surface area is 112 Å². The summed E-state index contributed by atoms with van der Waals surface area (Å²) in [6.07, 6.45) is 1.64. The average molecular weight is 279 g/mol. The molecule has 1 aromatic carbocycles. The zero-order valence-corrected chi connectivity index (χ0v) is 10.5. The number of imidazole rings is 1. The standard InChI is InChI=1S/C12H9N3O3.2H2O/c1-18-7-2-3-8-10(6-7)15-5-4-9(11(16)17)14-12(15)13-8;;/h2-6H,1H3,(H,16,17);2*1H2. The lowest BCUT2D eigenvalue weighted by Crippen LogP contribution is -2.02. The second-order valence-corrected chi connectivity index (χ2v) is 3.75. The highest BCUT2D eigenvalue weighted by molar-refractivity contribution is 5.87. The van der Waals surface area contributed by atoms with E-state index in [-0.39, 0.29) is 16.6 Å². The number of ether oxygens (including phenoxy) is 1. The van der Waals surface area contributed by atoms with Gasteiger partial charge in [0.15, 0.2) is 5.69 Å². The molecule has 8 heteroatoms. The topological polar surface area (TPSA) is 140 Å². The molecular formula is C12H13N3O5. The second-order valence-electron chi connectivity index (χ2n) is 3.75. The van der Waals surface area contributed by atoms with Gasteiger partial charge in [0, 0.05) is 12.3 Å². The first-order chi connectivity index (χ1) is 8.69. The van der Waals surface area contributed by atoms with E-state index in [1.54, 1.807) is 23.8 Å². The molecule has 8 nitrogen and oxygen atoms in total. The van der Waals surface area contributed by atoms with Crippen LogP contribution in [0.1, 0.15) is 10.5 Å². The third kappa shape index (κ3) is 2.25. The molecule has 0 saturated heterocycles. The van der Waals surface area contributed by atoms with Crippen LogP contribution >= 0.6 is 0 Å². The average Bonchev–Trinajstić information content (AvgIpc) is 2.75. The summed E-state index contributed by atoms with van der Waals surface area (Å²) in [5, 5.41) is 8.88. The zero-order valence-electron chi connectivity index (χ0n) is 10.5. The molecule has 0 amide bonds. The van der Waals surface area contributed by atoms with Gasteiger partial charge >= 0.3 is 5.97 Å². The van der Waals surface area contributed by atoms with Crippen molar-refractivity contribution in [2.75, 3.05) is 7.11 Å². The molecule has 0 fully saturated rings. The molecule has 0 radical (unpaired) electrons. The van der Waals surface area contributed by atoms with E-state index >= 15 is 0 Å². The molecule has 0 spiro atoms. The summed E-state index contributed by atoms with van der Waals surface area (Å²) in [5.74, 6) is 0.00639. The van der Waals surface area contributed by atoms with E-state index in [0.717, 1.165) is 11.0 Å². The van der Waals surface area contributed by atoms with Crippen LogP contribution in [0.3, 0.4) is 0 Å². The van der Waals surface area contributed by atoms with Gasteiger partial charge in [0.25, 0.3) is 0 Å². The molecule has 2 aromatic heterocycles. The quantitative estimate of drug-likeness (QED) is 0.699. The van der Waals surface area contributed by atoms with Crippen LogP contribution in [-0.4, -0.2) is 43.5 Å². The molecule has 0 aliphatic heterocycles. The third-order valence-corrected chi connectivity index (χ3v) is 2.70. The van der Waals surface area contributed by atoms with Crippen molar-refractivity contribution in [3.8, 4) is 5.75 Å². The lowest BCUT2D eigenvalue weighted by Gasteiger charge is -1.99. The molecule has 2 heterocycles. The molecule has 0 aliphatic rings. The van der Waals surface area contributed by atoms with Crippen molar-refractivity contribution >= 4 is 22.8 Å². The monoisotopic (exact) mass is 279 g/mol. The lowest BCUT2D eigenvalue weighted by molar-refractivity contribution is 0.0690. The van der Waals surface area contributed by atoms with Crippen molar-refractivity contribution in [3.05, 3.63) is 36.2 Å². The largest absolute Gasteiger partial charge is 0.497 e. The SMILES string of the molecule is COc1ccc2nc3nc(C(=O)O)ccn3c2c1.O.O. The number of carboxylic acids is 1. The van der Waals surface area contributed by atoms with Gasteiger partial charge in [-0.3, -0.25) is 4.40 Å².